The first-order chi connectivity index (χ1) is 9.21. The van der Waals surface area contributed by atoms with Gasteiger partial charge >= 0.3 is 6.18 Å². The molecule has 2 aromatic rings. The first kappa shape index (κ1) is 14.8. The average molecular weight is 308 g/mol. The molecule has 2 rings (SSSR count). The molecule has 5 nitrogen and oxygen atoms in total. The van der Waals surface area contributed by atoms with Gasteiger partial charge in [0, 0.05) is 5.56 Å². The summed E-state index contributed by atoms with van der Waals surface area (Å²) in [5.74, 6) is 0.195. The van der Waals surface area contributed by atoms with Crippen LogP contribution in [-0.2, 0) is 0 Å². The van der Waals surface area contributed by atoms with Crippen molar-refractivity contribution in [1.82, 2.24) is 19.6 Å². The maximum absolute atomic E-state index is 12.7. The van der Waals surface area contributed by atoms with Crippen LogP contribution >= 0.6 is 11.6 Å². The number of hydrogen-bond acceptors (Lipinski definition) is 4. The first-order valence-corrected chi connectivity index (χ1v) is 6.32. The van der Waals surface area contributed by atoms with Gasteiger partial charge in [0.05, 0.1) is 0 Å². The standard InChI is InChI=1S/C11H13ClF3N5/c1-5(2)7-8(12)19-10-16-4-17-20(10)9(7)18-6(3)11(13,14)15/h4-6,18H,1-3H3. The molecule has 0 saturated carbocycles. The molecule has 0 amide bonds. The lowest BCUT2D eigenvalue weighted by Crippen LogP contribution is -2.34. The van der Waals surface area contributed by atoms with Crippen LogP contribution in [0.2, 0.25) is 5.15 Å². The minimum atomic E-state index is -4.38. The molecule has 0 radical (unpaired) electrons. The Labute approximate surface area is 118 Å². The van der Waals surface area contributed by atoms with E-state index in [2.05, 4.69) is 20.4 Å². The summed E-state index contributed by atoms with van der Waals surface area (Å²) in [6, 6.07) is -1.74. The van der Waals surface area contributed by atoms with Gasteiger partial charge in [-0.05, 0) is 12.8 Å². The van der Waals surface area contributed by atoms with Gasteiger partial charge in [0.2, 0.25) is 0 Å². The van der Waals surface area contributed by atoms with Gasteiger partial charge in [-0.25, -0.2) is 0 Å². The van der Waals surface area contributed by atoms with Crippen molar-refractivity contribution in [3.05, 3.63) is 17.0 Å². The fourth-order valence-electron chi connectivity index (χ4n) is 1.77. The predicted octanol–water partition coefficient (Wildman–Crippen LogP) is 3.26. The highest BCUT2D eigenvalue weighted by Crippen LogP contribution is 2.32. The summed E-state index contributed by atoms with van der Waals surface area (Å²) in [4.78, 5) is 7.87. The van der Waals surface area contributed by atoms with E-state index >= 15 is 0 Å². The summed E-state index contributed by atoms with van der Waals surface area (Å²) in [6.45, 7) is 4.66. The molecule has 0 aliphatic rings. The highest BCUT2D eigenvalue weighted by atomic mass is 35.5. The highest BCUT2D eigenvalue weighted by molar-refractivity contribution is 6.30. The third-order valence-corrected chi connectivity index (χ3v) is 3.13. The molecular formula is C11H13ClF3N5. The molecule has 1 unspecified atom stereocenters. The van der Waals surface area contributed by atoms with Crippen molar-refractivity contribution in [3.8, 4) is 0 Å². The van der Waals surface area contributed by atoms with Crippen molar-refractivity contribution >= 4 is 23.2 Å². The average Bonchev–Trinajstić information content (AvgIpc) is 2.74. The van der Waals surface area contributed by atoms with E-state index in [1.54, 1.807) is 0 Å². The summed E-state index contributed by atoms with van der Waals surface area (Å²) in [7, 11) is 0. The number of hydrogen-bond donors (Lipinski definition) is 1. The van der Waals surface area contributed by atoms with Gasteiger partial charge in [-0.15, -0.1) is 0 Å². The fourth-order valence-corrected chi connectivity index (χ4v) is 2.15. The van der Waals surface area contributed by atoms with E-state index in [4.69, 9.17) is 11.6 Å². The monoisotopic (exact) mass is 307 g/mol. The van der Waals surface area contributed by atoms with Crippen molar-refractivity contribution in [2.45, 2.75) is 38.9 Å². The minimum absolute atomic E-state index is 0.119. The van der Waals surface area contributed by atoms with Crippen molar-refractivity contribution in [1.29, 1.82) is 0 Å². The number of alkyl halides is 3. The molecule has 0 fully saturated rings. The molecule has 2 heterocycles. The van der Waals surface area contributed by atoms with Crippen LogP contribution in [0.25, 0.3) is 5.78 Å². The van der Waals surface area contributed by atoms with Crippen molar-refractivity contribution < 1.29 is 13.2 Å². The normalized spacial score (nSPS) is 14.0. The van der Waals surface area contributed by atoms with E-state index in [0.717, 1.165) is 6.92 Å². The summed E-state index contributed by atoms with van der Waals surface area (Å²) < 4.78 is 39.4. The zero-order valence-electron chi connectivity index (χ0n) is 11.0. The quantitative estimate of drug-likeness (QED) is 0.884. The van der Waals surface area contributed by atoms with Gasteiger partial charge < -0.3 is 5.32 Å². The third kappa shape index (κ3) is 2.65. The van der Waals surface area contributed by atoms with E-state index < -0.39 is 12.2 Å². The lowest BCUT2D eigenvalue weighted by Gasteiger charge is -2.22. The number of aromatic nitrogens is 4. The largest absolute Gasteiger partial charge is 0.408 e. The minimum Gasteiger partial charge on any atom is -0.358 e. The van der Waals surface area contributed by atoms with Crippen molar-refractivity contribution in [2.24, 2.45) is 0 Å². The van der Waals surface area contributed by atoms with Crippen LogP contribution in [0.15, 0.2) is 6.33 Å². The predicted molar refractivity (Wildman–Crippen MR) is 69.0 cm³/mol. The maximum atomic E-state index is 12.7. The van der Waals surface area contributed by atoms with Crippen LogP contribution in [-0.4, -0.2) is 31.8 Å². The van der Waals surface area contributed by atoms with Crippen LogP contribution in [0.3, 0.4) is 0 Å². The second kappa shape index (κ2) is 5.08. The first-order valence-electron chi connectivity index (χ1n) is 5.94. The van der Waals surface area contributed by atoms with E-state index in [0.29, 0.717) is 5.56 Å². The van der Waals surface area contributed by atoms with Crippen LogP contribution in [0.1, 0.15) is 32.3 Å². The Hall–Kier alpha value is -1.57. The Morgan fingerprint density at radius 1 is 1.30 bits per heavy atom. The molecule has 1 atom stereocenters. The molecule has 0 saturated heterocycles. The van der Waals surface area contributed by atoms with E-state index in [-0.39, 0.29) is 22.7 Å². The van der Waals surface area contributed by atoms with Gasteiger partial charge in [-0.2, -0.15) is 32.8 Å². The fraction of sp³-hybridized carbons (Fsp3) is 0.545. The SMILES string of the molecule is CC(C)c1c(Cl)nc2ncnn2c1NC(C)C(F)(F)F. The Morgan fingerprint density at radius 3 is 2.50 bits per heavy atom. The lowest BCUT2D eigenvalue weighted by molar-refractivity contribution is -0.138. The highest BCUT2D eigenvalue weighted by Gasteiger charge is 2.37. The number of rotatable bonds is 3. The molecule has 0 spiro atoms. The molecule has 0 aliphatic carbocycles. The molecule has 0 bridgehead atoms. The van der Waals surface area contributed by atoms with Crippen LogP contribution < -0.4 is 5.32 Å². The number of halogens is 4. The van der Waals surface area contributed by atoms with Gasteiger partial charge in [0.1, 0.15) is 23.3 Å². The number of anilines is 1. The number of fused-ring (bicyclic) bond motifs is 1. The van der Waals surface area contributed by atoms with E-state index in [1.807, 2.05) is 13.8 Å². The Morgan fingerprint density at radius 2 is 1.95 bits per heavy atom. The molecule has 20 heavy (non-hydrogen) atoms. The second-order valence-electron chi connectivity index (χ2n) is 4.70. The van der Waals surface area contributed by atoms with Crippen LogP contribution in [0, 0.1) is 0 Å². The van der Waals surface area contributed by atoms with E-state index in [9.17, 15) is 13.2 Å². The van der Waals surface area contributed by atoms with E-state index in [1.165, 1.54) is 10.8 Å². The number of nitrogens with zero attached hydrogens (tertiary/aromatic N) is 4. The lowest BCUT2D eigenvalue weighted by atomic mass is 10.1. The molecule has 110 valence electrons. The molecule has 0 aliphatic heterocycles. The Balaban J connectivity index is 2.59. The summed E-state index contributed by atoms with van der Waals surface area (Å²) in [5.41, 5.74) is 0.473. The maximum Gasteiger partial charge on any atom is 0.408 e. The Bertz CT molecular complexity index is 622. The Kier molecular flexibility index (Phi) is 3.77. The summed E-state index contributed by atoms with van der Waals surface area (Å²) >= 11 is 6.04. The summed E-state index contributed by atoms with van der Waals surface area (Å²) in [6.07, 6.45) is -3.16. The topological polar surface area (TPSA) is 55.1 Å². The third-order valence-electron chi connectivity index (χ3n) is 2.84. The van der Waals surface area contributed by atoms with Crippen LogP contribution in [0.5, 0.6) is 0 Å². The molecule has 1 N–H and O–H groups in total. The molecule has 2 aromatic heterocycles. The smallest absolute Gasteiger partial charge is 0.358 e. The van der Waals surface area contributed by atoms with Gasteiger partial charge in [0.15, 0.2) is 0 Å². The van der Waals surface area contributed by atoms with Crippen LogP contribution in [0.4, 0.5) is 19.0 Å². The zero-order valence-corrected chi connectivity index (χ0v) is 11.8. The molecule has 9 heteroatoms. The molecular weight excluding hydrogens is 295 g/mol. The zero-order chi connectivity index (χ0) is 15.1. The number of nitrogens with one attached hydrogen (secondary N) is 1. The molecule has 0 aromatic carbocycles. The van der Waals surface area contributed by atoms with Gasteiger partial charge in [-0.1, -0.05) is 25.4 Å². The second-order valence-corrected chi connectivity index (χ2v) is 5.06. The van der Waals surface area contributed by atoms with Gasteiger partial charge in [-0.3, -0.25) is 0 Å². The summed E-state index contributed by atoms with van der Waals surface area (Å²) in [5, 5.41) is 6.43. The van der Waals surface area contributed by atoms with Crippen molar-refractivity contribution in [2.75, 3.05) is 5.32 Å². The van der Waals surface area contributed by atoms with Crippen molar-refractivity contribution in [3.63, 3.8) is 0 Å². The van der Waals surface area contributed by atoms with Gasteiger partial charge in [0.25, 0.3) is 5.78 Å².